The Kier molecular flexibility index (Phi) is 3.10. The monoisotopic (exact) mass is 185 g/mol. The van der Waals surface area contributed by atoms with Crippen LogP contribution in [-0.4, -0.2) is 11.2 Å². The van der Waals surface area contributed by atoms with E-state index < -0.39 is 6.09 Å². The zero-order valence-corrected chi connectivity index (χ0v) is 7.65. The maximum absolute atomic E-state index is 10.3. The van der Waals surface area contributed by atoms with Gasteiger partial charge in [-0.2, -0.15) is 0 Å². The van der Waals surface area contributed by atoms with E-state index in [0.717, 1.165) is 23.4 Å². The van der Waals surface area contributed by atoms with E-state index in [0.29, 0.717) is 0 Å². The quantitative estimate of drug-likeness (QED) is 0.760. The number of carbonyl (C=O) groups is 1. The highest BCUT2D eigenvalue weighted by Crippen LogP contribution is 2.24. The van der Waals surface area contributed by atoms with Gasteiger partial charge in [-0.1, -0.05) is 13.3 Å². The lowest BCUT2D eigenvalue weighted by molar-refractivity contribution is 0.210. The SMILES string of the molecule is CCCc1ccsc1NC(=O)O. The zero-order chi connectivity index (χ0) is 8.97. The van der Waals surface area contributed by atoms with Gasteiger partial charge < -0.3 is 5.11 Å². The molecule has 3 nitrogen and oxygen atoms in total. The molecule has 0 atom stereocenters. The summed E-state index contributed by atoms with van der Waals surface area (Å²) in [4.78, 5) is 10.3. The fourth-order valence-electron chi connectivity index (χ4n) is 1.01. The number of aryl methyl sites for hydroxylation is 1. The smallest absolute Gasteiger partial charge is 0.409 e. The van der Waals surface area contributed by atoms with Crippen molar-refractivity contribution in [2.45, 2.75) is 19.8 Å². The number of rotatable bonds is 3. The lowest BCUT2D eigenvalue weighted by atomic mass is 10.2. The average molecular weight is 185 g/mol. The second-order valence-corrected chi connectivity index (χ2v) is 3.37. The third-order valence-corrected chi connectivity index (χ3v) is 2.36. The minimum absolute atomic E-state index is 0.754. The fraction of sp³-hybridized carbons (Fsp3) is 0.375. The normalized spacial score (nSPS) is 9.75. The Balaban J connectivity index is 2.69. The average Bonchev–Trinajstić information content (AvgIpc) is 2.37. The molecule has 0 spiro atoms. The van der Waals surface area contributed by atoms with Gasteiger partial charge in [0.15, 0.2) is 0 Å². The van der Waals surface area contributed by atoms with Gasteiger partial charge in [-0.05, 0) is 23.4 Å². The molecular formula is C8H11NO2S. The first kappa shape index (κ1) is 9.06. The Morgan fingerprint density at radius 3 is 3.08 bits per heavy atom. The number of anilines is 1. The van der Waals surface area contributed by atoms with Crippen molar-refractivity contribution in [2.24, 2.45) is 0 Å². The predicted octanol–water partition coefficient (Wildman–Crippen LogP) is 2.79. The summed E-state index contributed by atoms with van der Waals surface area (Å²) in [5.41, 5.74) is 1.09. The summed E-state index contributed by atoms with van der Waals surface area (Å²) in [6.07, 6.45) is 0.972. The van der Waals surface area contributed by atoms with Crippen molar-refractivity contribution in [3.8, 4) is 0 Å². The lowest BCUT2D eigenvalue weighted by Gasteiger charge is -2.00. The molecule has 0 unspecified atom stereocenters. The Morgan fingerprint density at radius 2 is 2.50 bits per heavy atom. The van der Waals surface area contributed by atoms with Gasteiger partial charge in [-0.3, -0.25) is 5.32 Å². The van der Waals surface area contributed by atoms with Gasteiger partial charge in [0.1, 0.15) is 5.00 Å². The molecule has 0 radical (unpaired) electrons. The summed E-state index contributed by atoms with van der Waals surface area (Å²) in [6.45, 7) is 2.07. The van der Waals surface area contributed by atoms with Crippen LogP contribution in [0.1, 0.15) is 18.9 Å². The van der Waals surface area contributed by atoms with Gasteiger partial charge in [0.2, 0.25) is 0 Å². The van der Waals surface area contributed by atoms with Gasteiger partial charge in [0, 0.05) is 0 Å². The van der Waals surface area contributed by atoms with Gasteiger partial charge >= 0.3 is 6.09 Å². The van der Waals surface area contributed by atoms with E-state index in [4.69, 9.17) is 5.11 Å². The van der Waals surface area contributed by atoms with Crippen LogP contribution in [0.4, 0.5) is 9.80 Å². The van der Waals surface area contributed by atoms with Crippen LogP contribution in [0.5, 0.6) is 0 Å². The first-order chi connectivity index (χ1) is 5.74. The highest BCUT2D eigenvalue weighted by atomic mass is 32.1. The molecule has 0 aliphatic carbocycles. The van der Waals surface area contributed by atoms with Crippen LogP contribution in [0.25, 0.3) is 0 Å². The molecule has 0 bridgehead atoms. The molecule has 12 heavy (non-hydrogen) atoms. The Bertz CT molecular complexity index is 270. The minimum atomic E-state index is -0.991. The molecule has 66 valence electrons. The molecule has 0 aliphatic heterocycles. The Hall–Kier alpha value is -1.03. The number of carboxylic acid groups (broad SMARTS) is 1. The van der Waals surface area contributed by atoms with Crippen LogP contribution in [0.3, 0.4) is 0 Å². The molecule has 1 amide bonds. The predicted molar refractivity (Wildman–Crippen MR) is 50.0 cm³/mol. The maximum atomic E-state index is 10.3. The molecule has 0 aromatic carbocycles. The largest absolute Gasteiger partial charge is 0.465 e. The van der Waals surface area contributed by atoms with Crippen LogP contribution in [0, 0.1) is 0 Å². The molecule has 1 heterocycles. The van der Waals surface area contributed by atoms with E-state index in [9.17, 15) is 4.79 Å². The van der Waals surface area contributed by atoms with E-state index in [1.54, 1.807) is 0 Å². The van der Waals surface area contributed by atoms with Crippen LogP contribution in [0.2, 0.25) is 0 Å². The van der Waals surface area contributed by atoms with Crippen LogP contribution in [0.15, 0.2) is 11.4 Å². The molecule has 2 N–H and O–H groups in total. The molecule has 0 saturated heterocycles. The summed E-state index contributed by atoms with van der Waals surface area (Å²) in [5, 5.41) is 13.5. The van der Waals surface area contributed by atoms with E-state index >= 15 is 0 Å². The summed E-state index contributed by atoms with van der Waals surface area (Å²) < 4.78 is 0. The summed E-state index contributed by atoms with van der Waals surface area (Å²) in [7, 11) is 0. The van der Waals surface area contributed by atoms with Crippen molar-refractivity contribution in [2.75, 3.05) is 5.32 Å². The van der Waals surface area contributed by atoms with E-state index in [1.165, 1.54) is 11.3 Å². The third kappa shape index (κ3) is 2.23. The first-order valence-corrected chi connectivity index (χ1v) is 4.68. The molecule has 4 heteroatoms. The van der Waals surface area contributed by atoms with Crippen LogP contribution < -0.4 is 5.32 Å². The Labute approximate surface area is 75.0 Å². The highest BCUT2D eigenvalue weighted by Gasteiger charge is 2.05. The molecule has 0 saturated carbocycles. The minimum Gasteiger partial charge on any atom is -0.465 e. The number of thiophene rings is 1. The third-order valence-electron chi connectivity index (χ3n) is 1.49. The summed E-state index contributed by atoms with van der Waals surface area (Å²) in [5.74, 6) is 0. The molecule has 1 aromatic rings. The second-order valence-electron chi connectivity index (χ2n) is 2.46. The standard InChI is InChI=1S/C8H11NO2S/c1-2-3-6-4-5-12-7(6)9-8(10)11/h4-5,9H,2-3H2,1H3,(H,10,11). The lowest BCUT2D eigenvalue weighted by Crippen LogP contribution is -2.07. The van der Waals surface area contributed by atoms with Gasteiger partial charge in [-0.25, -0.2) is 4.79 Å². The van der Waals surface area contributed by atoms with Crippen molar-refractivity contribution in [1.29, 1.82) is 0 Å². The molecule has 0 aliphatic rings. The molecule has 1 rings (SSSR count). The van der Waals surface area contributed by atoms with E-state index in [-0.39, 0.29) is 0 Å². The van der Waals surface area contributed by atoms with Crippen LogP contribution >= 0.6 is 11.3 Å². The van der Waals surface area contributed by atoms with Crippen molar-refractivity contribution in [3.05, 3.63) is 17.0 Å². The van der Waals surface area contributed by atoms with Gasteiger partial charge in [-0.15, -0.1) is 11.3 Å². The van der Waals surface area contributed by atoms with Crippen molar-refractivity contribution in [1.82, 2.24) is 0 Å². The van der Waals surface area contributed by atoms with Crippen LogP contribution in [-0.2, 0) is 6.42 Å². The maximum Gasteiger partial charge on any atom is 0.409 e. The molecule has 0 fully saturated rings. The summed E-state index contributed by atoms with van der Waals surface area (Å²) >= 11 is 1.43. The topological polar surface area (TPSA) is 49.3 Å². The number of hydrogen-bond acceptors (Lipinski definition) is 2. The summed E-state index contributed by atoms with van der Waals surface area (Å²) in [6, 6.07) is 1.96. The highest BCUT2D eigenvalue weighted by molar-refractivity contribution is 7.14. The van der Waals surface area contributed by atoms with Crippen molar-refractivity contribution >= 4 is 22.4 Å². The van der Waals surface area contributed by atoms with Crippen molar-refractivity contribution < 1.29 is 9.90 Å². The fourth-order valence-corrected chi connectivity index (χ4v) is 1.84. The van der Waals surface area contributed by atoms with Crippen molar-refractivity contribution in [3.63, 3.8) is 0 Å². The first-order valence-electron chi connectivity index (χ1n) is 3.80. The van der Waals surface area contributed by atoms with E-state index in [1.807, 2.05) is 11.4 Å². The van der Waals surface area contributed by atoms with Gasteiger partial charge in [0.05, 0.1) is 0 Å². The zero-order valence-electron chi connectivity index (χ0n) is 6.83. The second kappa shape index (κ2) is 4.11. The Morgan fingerprint density at radius 1 is 1.75 bits per heavy atom. The number of nitrogens with one attached hydrogen (secondary N) is 1. The number of amides is 1. The molecular weight excluding hydrogens is 174 g/mol. The molecule has 1 aromatic heterocycles. The van der Waals surface area contributed by atoms with E-state index in [2.05, 4.69) is 12.2 Å². The van der Waals surface area contributed by atoms with Gasteiger partial charge in [0.25, 0.3) is 0 Å². The number of hydrogen-bond donors (Lipinski definition) is 2.